The van der Waals surface area contributed by atoms with Crippen LogP contribution in [0.4, 0.5) is 0 Å². The predicted octanol–water partition coefficient (Wildman–Crippen LogP) is 2.54. The summed E-state index contributed by atoms with van der Waals surface area (Å²) in [6.45, 7) is 1.55. The molecule has 0 aromatic heterocycles. The third-order valence-corrected chi connectivity index (χ3v) is 6.31. The van der Waals surface area contributed by atoms with E-state index in [1.165, 1.54) is 20.4 Å². The monoisotopic (exact) mass is 476 g/mol. The minimum absolute atomic E-state index is 0.113. The van der Waals surface area contributed by atoms with Gasteiger partial charge >= 0.3 is 5.97 Å². The van der Waals surface area contributed by atoms with E-state index in [9.17, 15) is 14.4 Å². The summed E-state index contributed by atoms with van der Waals surface area (Å²) in [5.41, 5.74) is 0.440. The lowest BCUT2D eigenvalue weighted by molar-refractivity contribution is -0.148. The number of hydrogen-bond donors (Lipinski definition) is 0. The molecule has 0 spiro atoms. The number of rotatable bonds is 6. The minimum Gasteiger partial charge on any atom is -0.493 e. The maximum absolute atomic E-state index is 12.8. The number of carbonyl (C=O) groups excluding carboxylic acids is 3. The first-order valence-electron chi connectivity index (χ1n) is 9.57. The number of imide groups is 1. The molecule has 5 atom stereocenters. The Morgan fingerprint density at radius 3 is 2.40 bits per heavy atom. The van der Waals surface area contributed by atoms with Gasteiger partial charge in [-0.3, -0.25) is 9.59 Å². The fraction of sp³-hybridized carbons (Fsp3) is 0.429. The highest BCUT2D eigenvalue weighted by molar-refractivity contribution is 9.10. The highest BCUT2D eigenvalue weighted by Gasteiger charge is 2.59. The molecule has 0 N–H and O–H groups in total. The summed E-state index contributed by atoms with van der Waals surface area (Å²) in [5, 5.41) is 5.15. The molecule has 2 aliphatic carbocycles. The Hall–Kier alpha value is -2.68. The molecular formula is C21H21BrN2O6. The standard InChI is InChI=1S/C21H21BrN2O6/c1-10(21(27)29-3)30-18-13(7-14(22)8-15(18)28-2)9-23-24-19(25)16-11-4-5-12(6-11)17(16)20(24)26/h4-5,7-12,16-17H,6H2,1-3H3. The summed E-state index contributed by atoms with van der Waals surface area (Å²) in [4.78, 5) is 37.4. The number of amides is 2. The number of halogens is 1. The van der Waals surface area contributed by atoms with Crippen LogP contribution in [0.2, 0.25) is 0 Å². The van der Waals surface area contributed by atoms with Gasteiger partial charge in [0.2, 0.25) is 0 Å². The number of esters is 1. The van der Waals surface area contributed by atoms with Gasteiger partial charge in [-0.25, -0.2) is 4.79 Å². The van der Waals surface area contributed by atoms with Crippen molar-refractivity contribution < 1.29 is 28.6 Å². The molecule has 5 unspecified atom stereocenters. The fourth-order valence-electron chi connectivity index (χ4n) is 4.47. The van der Waals surface area contributed by atoms with Gasteiger partial charge in [-0.1, -0.05) is 28.1 Å². The first-order chi connectivity index (χ1) is 14.3. The lowest BCUT2D eigenvalue weighted by Gasteiger charge is -2.18. The molecule has 1 saturated carbocycles. The molecule has 4 rings (SSSR count). The summed E-state index contributed by atoms with van der Waals surface area (Å²) < 4.78 is 16.5. The van der Waals surface area contributed by atoms with Gasteiger partial charge in [0.05, 0.1) is 32.3 Å². The molecule has 2 amide bonds. The molecule has 2 bridgehead atoms. The Morgan fingerprint density at radius 2 is 1.83 bits per heavy atom. The van der Waals surface area contributed by atoms with Gasteiger partial charge in [0.25, 0.3) is 11.8 Å². The Balaban J connectivity index is 1.63. The second-order valence-corrected chi connectivity index (χ2v) is 8.46. The summed E-state index contributed by atoms with van der Waals surface area (Å²) in [7, 11) is 2.74. The normalized spacial score (nSPS) is 27.7. The first kappa shape index (κ1) is 20.6. The molecular weight excluding hydrogens is 456 g/mol. The van der Waals surface area contributed by atoms with E-state index >= 15 is 0 Å². The number of allylic oxidation sites excluding steroid dienone is 2. The van der Waals surface area contributed by atoms with Crippen molar-refractivity contribution in [1.29, 1.82) is 0 Å². The van der Waals surface area contributed by atoms with Crippen LogP contribution in [0.15, 0.2) is 33.9 Å². The molecule has 0 radical (unpaired) electrons. The van der Waals surface area contributed by atoms with Gasteiger partial charge in [-0.15, -0.1) is 0 Å². The number of nitrogens with zero attached hydrogens (tertiary/aromatic N) is 2. The molecule has 158 valence electrons. The molecule has 1 aliphatic heterocycles. The van der Waals surface area contributed by atoms with E-state index in [-0.39, 0.29) is 41.2 Å². The summed E-state index contributed by atoms with van der Waals surface area (Å²) >= 11 is 3.39. The molecule has 30 heavy (non-hydrogen) atoms. The quantitative estimate of drug-likeness (QED) is 0.271. The SMILES string of the molecule is COC(=O)C(C)Oc1c(C=NN2C(=O)C3C4C=CC(C4)C3C2=O)cc(Br)cc1OC. The zero-order chi connectivity index (χ0) is 21.6. The molecule has 2 fully saturated rings. The number of fused-ring (bicyclic) bond motifs is 5. The molecule has 8 nitrogen and oxygen atoms in total. The average Bonchev–Trinajstić information content (AvgIpc) is 3.41. The van der Waals surface area contributed by atoms with Crippen molar-refractivity contribution in [3.05, 3.63) is 34.3 Å². The van der Waals surface area contributed by atoms with Crippen molar-refractivity contribution in [2.75, 3.05) is 14.2 Å². The second kappa shape index (κ2) is 7.86. The summed E-state index contributed by atoms with van der Waals surface area (Å²) in [6.07, 6.45) is 5.40. The third kappa shape index (κ3) is 3.30. The summed E-state index contributed by atoms with van der Waals surface area (Å²) in [6, 6.07) is 3.37. The van der Waals surface area contributed by atoms with Crippen molar-refractivity contribution in [3.63, 3.8) is 0 Å². The number of carbonyl (C=O) groups is 3. The van der Waals surface area contributed by atoms with Gasteiger partial charge in [-0.05, 0) is 37.3 Å². The zero-order valence-corrected chi connectivity index (χ0v) is 18.3. The first-order valence-corrected chi connectivity index (χ1v) is 10.4. The second-order valence-electron chi connectivity index (χ2n) is 7.54. The maximum atomic E-state index is 12.8. The van der Waals surface area contributed by atoms with Crippen molar-refractivity contribution in [2.24, 2.45) is 28.8 Å². The van der Waals surface area contributed by atoms with Gasteiger partial charge in [0, 0.05) is 10.0 Å². The summed E-state index contributed by atoms with van der Waals surface area (Å²) in [5.74, 6) is -0.902. The van der Waals surface area contributed by atoms with Gasteiger partial charge in [0.15, 0.2) is 17.6 Å². The molecule has 9 heteroatoms. The number of benzene rings is 1. The molecule has 1 aromatic rings. The minimum atomic E-state index is -0.895. The van der Waals surface area contributed by atoms with Crippen LogP contribution in [0.1, 0.15) is 18.9 Å². The number of ether oxygens (including phenoxy) is 3. The largest absolute Gasteiger partial charge is 0.493 e. The van der Waals surface area contributed by atoms with Gasteiger partial charge in [0.1, 0.15) is 0 Å². The van der Waals surface area contributed by atoms with Crippen molar-refractivity contribution in [3.8, 4) is 11.5 Å². The Labute approximate surface area is 182 Å². The third-order valence-electron chi connectivity index (χ3n) is 5.86. The Kier molecular flexibility index (Phi) is 5.40. The van der Waals surface area contributed by atoms with E-state index in [0.717, 1.165) is 11.4 Å². The lowest BCUT2D eigenvalue weighted by atomic mass is 9.85. The van der Waals surface area contributed by atoms with E-state index in [4.69, 9.17) is 14.2 Å². The highest BCUT2D eigenvalue weighted by Crippen LogP contribution is 2.52. The van der Waals surface area contributed by atoms with E-state index in [1.54, 1.807) is 19.1 Å². The van der Waals surface area contributed by atoms with E-state index in [1.807, 2.05) is 12.2 Å². The Morgan fingerprint density at radius 1 is 1.20 bits per heavy atom. The van der Waals surface area contributed by atoms with Crippen LogP contribution in [0.3, 0.4) is 0 Å². The smallest absolute Gasteiger partial charge is 0.346 e. The van der Waals surface area contributed by atoms with Gasteiger partial charge in [-0.2, -0.15) is 10.1 Å². The number of hydrogen-bond acceptors (Lipinski definition) is 7. The van der Waals surface area contributed by atoms with Crippen LogP contribution in [0.5, 0.6) is 11.5 Å². The van der Waals surface area contributed by atoms with Crippen LogP contribution >= 0.6 is 15.9 Å². The van der Waals surface area contributed by atoms with Crippen LogP contribution < -0.4 is 9.47 Å². The molecule has 1 heterocycles. The van der Waals surface area contributed by atoms with E-state index < -0.39 is 12.1 Å². The van der Waals surface area contributed by atoms with Crippen molar-refractivity contribution in [2.45, 2.75) is 19.4 Å². The topological polar surface area (TPSA) is 94.5 Å². The zero-order valence-electron chi connectivity index (χ0n) is 16.7. The average molecular weight is 477 g/mol. The van der Waals surface area contributed by atoms with Crippen LogP contribution in [-0.4, -0.2) is 49.3 Å². The molecule has 1 saturated heterocycles. The number of methoxy groups -OCH3 is 2. The Bertz CT molecular complexity index is 944. The molecule has 1 aromatic carbocycles. The van der Waals surface area contributed by atoms with E-state index in [2.05, 4.69) is 21.0 Å². The fourth-order valence-corrected chi connectivity index (χ4v) is 4.93. The van der Waals surface area contributed by atoms with Crippen molar-refractivity contribution in [1.82, 2.24) is 5.01 Å². The number of hydrazone groups is 1. The van der Waals surface area contributed by atoms with Gasteiger partial charge < -0.3 is 14.2 Å². The maximum Gasteiger partial charge on any atom is 0.346 e. The van der Waals surface area contributed by atoms with Crippen molar-refractivity contribution >= 4 is 39.9 Å². The predicted molar refractivity (Wildman–Crippen MR) is 110 cm³/mol. The molecule has 3 aliphatic rings. The van der Waals surface area contributed by atoms with Crippen LogP contribution in [0, 0.1) is 23.7 Å². The highest BCUT2D eigenvalue weighted by atomic mass is 79.9. The van der Waals surface area contributed by atoms with Crippen LogP contribution in [-0.2, 0) is 19.1 Å². The van der Waals surface area contributed by atoms with E-state index in [0.29, 0.717) is 15.8 Å². The lowest BCUT2D eigenvalue weighted by Crippen LogP contribution is -2.28. The van der Waals surface area contributed by atoms with Crippen LogP contribution in [0.25, 0.3) is 0 Å².